The van der Waals surface area contributed by atoms with Crippen molar-refractivity contribution in [3.05, 3.63) is 29.6 Å². The third-order valence-electron chi connectivity index (χ3n) is 2.61. The molecule has 0 spiro atoms. The molecule has 2 heterocycles. The Morgan fingerprint density at radius 3 is 3.12 bits per heavy atom. The molecule has 0 bridgehead atoms. The lowest BCUT2D eigenvalue weighted by atomic mass is 10.2. The molecule has 1 aromatic heterocycles. The van der Waals surface area contributed by atoms with E-state index in [-0.39, 0.29) is 5.91 Å². The van der Waals surface area contributed by atoms with Crippen molar-refractivity contribution in [2.45, 2.75) is 12.8 Å². The first kappa shape index (κ1) is 11.3. The SMILES string of the molecule is O=Cc1cccnc1C#CCN1CCCC1=O. The molecule has 4 heteroatoms. The highest BCUT2D eigenvalue weighted by molar-refractivity contribution is 5.79. The van der Waals surface area contributed by atoms with Crippen LogP contribution < -0.4 is 0 Å². The highest BCUT2D eigenvalue weighted by atomic mass is 16.2. The van der Waals surface area contributed by atoms with Crippen molar-refractivity contribution in [3.8, 4) is 11.8 Å². The van der Waals surface area contributed by atoms with E-state index in [0.29, 0.717) is 24.2 Å². The molecule has 0 radical (unpaired) electrons. The van der Waals surface area contributed by atoms with Crippen LogP contribution in [0.2, 0.25) is 0 Å². The second kappa shape index (κ2) is 5.26. The summed E-state index contributed by atoms with van der Waals surface area (Å²) in [7, 11) is 0. The Kier molecular flexibility index (Phi) is 3.51. The Morgan fingerprint density at radius 2 is 2.41 bits per heavy atom. The third-order valence-corrected chi connectivity index (χ3v) is 2.61. The van der Waals surface area contributed by atoms with Crippen LogP contribution in [0, 0.1) is 11.8 Å². The summed E-state index contributed by atoms with van der Waals surface area (Å²) in [5.41, 5.74) is 0.946. The van der Waals surface area contributed by atoms with E-state index in [1.54, 1.807) is 23.2 Å². The number of hydrogen-bond acceptors (Lipinski definition) is 3. The molecular weight excluding hydrogens is 216 g/mol. The lowest BCUT2D eigenvalue weighted by Crippen LogP contribution is -2.24. The summed E-state index contributed by atoms with van der Waals surface area (Å²) in [6, 6.07) is 3.37. The minimum absolute atomic E-state index is 0.149. The Labute approximate surface area is 99.6 Å². The van der Waals surface area contributed by atoms with Crippen LogP contribution in [0.4, 0.5) is 0 Å². The number of hydrogen-bond donors (Lipinski definition) is 0. The van der Waals surface area contributed by atoms with Gasteiger partial charge in [0.15, 0.2) is 6.29 Å². The van der Waals surface area contributed by atoms with Crippen LogP contribution in [0.3, 0.4) is 0 Å². The molecule has 1 aliphatic rings. The van der Waals surface area contributed by atoms with Crippen LogP contribution >= 0.6 is 0 Å². The molecule has 1 fully saturated rings. The molecule has 0 aliphatic carbocycles. The number of likely N-dealkylation sites (tertiary alicyclic amines) is 1. The van der Waals surface area contributed by atoms with E-state index >= 15 is 0 Å². The van der Waals surface area contributed by atoms with Gasteiger partial charge in [0, 0.05) is 24.7 Å². The van der Waals surface area contributed by atoms with Gasteiger partial charge in [-0.1, -0.05) is 5.92 Å². The number of aromatic nitrogens is 1. The summed E-state index contributed by atoms with van der Waals surface area (Å²) < 4.78 is 0. The summed E-state index contributed by atoms with van der Waals surface area (Å²) in [5.74, 6) is 5.86. The van der Waals surface area contributed by atoms with Crippen LogP contribution in [-0.2, 0) is 4.79 Å². The standard InChI is InChI=1S/C13H12N2O2/c16-10-11-4-1-7-14-12(11)5-2-8-15-9-3-6-13(15)17/h1,4,7,10H,3,6,8-9H2. The molecule has 17 heavy (non-hydrogen) atoms. The van der Waals surface area contributed by atoms with Crippen LogP contribution in [0.1, 0.15) is 28.9 Å². The highest BCUT2D eigenvalue weighted by Crippen LogP contribution is 2.08. The molecule has 1 aliphatic heterocycles. The number of nitrogens with zero attached hydrogens (tertiary/aromatic N) is 2. The van der Waals surface area contributed by atoms with Crippen molar-refractivity contribution in [1.82, 2.24) is 9.88 Å². The molecule has 0 unspecified atom stereocenters. The molecule has 0 atom stereocenters. The zero-order valence-electron chi connectivity index (χ0n) is 9.35. The maximum absolute atomic E-state index is 11.3. The smallest absolute Gasteiger partial charge is 0.223 e. The molecule has 1 amide bonds. The Bertz CT molecular complexity index is 500. The molecule has 0 N–H and O–H groups in total. The fraction of sp³-hybridized carbons (Fsp3) is 0.308. The molecule has 4 nitrogen and oxygen atoms in total. The van der Waals surface area contributed by atoms with E-state index in [0.717, 1.165) is 19.3 Å². The van der Waals surface area contributed by atoms with Gasteiger partial charge in [-0.15, -0.1) is 0 Å². The second-order valence-electron chi connectivity index (χ2n) is 3.78. The normalized spacial score (nSPS) is 14.4. The summed E-state index contributed by atoms with van der Waals surface area (Å²) in [5, 5.41) is 0. The summed E-state index contributed by atoms with van der Waals surface area (Å²) in [6.07, 6.45) is 3.85. The van der Waals surface area contributed by atoms with Gasteiger partial charge in [-0.25, -0.2) is 4.98 Å². The summed E-state index contributed by atoms with van der Waals surface area (Å²) in [6.45, 7) is 1.18. The summed E-state index contributed by atoms with van der Waals surface area (Å²) >= 11 is 0. The van der Waals surface area contributed by atoms with Crippen molar-refractivity contribution >= 4 is 12.2 Å². The number of rotatable bonds is 2. The Morgan fingerprint density at radius 1 is 1.53 bits per heavy atom. The first-order valence-electron chi connectivity index (χ1n) is 5.48. The number of carbonyl (C=O) groups is 2. The minimum atomic E-state index is 0.149. The molecule has 0 saturated carbocycles. The Balaban J connectivity index is 2.05. The molecule has 1 saturated heterocycles. The number of amides is 1. The van der Waals surface area contributed by atoms with Crippen molar-refractivity contribution in [2.75, 3.05) is 13.1 Å². The zero-order chi connectivity index (χ0) is 12.1. The average Bonchev–Trinajstić information content (AvgIpc) is 2.76. The van der Waals surface area contributed by atoms with E-state index in [2.05, 4.69) is 16.8 Å². The number of pyridine rings is 1. The van der Waals surface area contributed by atoms with Crippen molar-refractivity contribution in [3.63, 3.8) is 0 Å². The fourth-order valence-electron chi connectivity index (χ4n) is 1.71. The van der Waals surface area contributed by atoms with Gasteiger partial charge in [0.1, 0.15) is 5.69 Å². The maximum atomic E-state index is 11.3. The lowest BCUT2D eigenvalue weighted by Gasteiger charge is -2.09. The van der Waals surface area contributed by atoms with E-state index in [1.807, 2.05) is 0 Å². The van der Waals surface area contributed by atoms with Crippen molar-refractivity contribution < 1.29 is 9.59 Å². The minimum Gasteiger partial charge on any atom is -0.332 e. The second-order valence-corrected chi connectivity index (χ2v) is 3.78. The molecule has 2 rings (SSSR count). The van der Waals surface area contributed by atoms with Crippen LogP contribution in [-0.4, -0.2) is 35.2 Å². The largest absolute Gasteiger partial charge is 0.332 e. The molecule has 0 aromatic carbocycles. The van der Waals surface area contributed by atoms with E-state index < -0.39 is 0 Å². The van der Waals surface area contributed by atoms with Crippen LogP contribution in [0.5, 0.6) is 0 Å². The van der Waals surface area contributed by atoms with Gasteiger partial charge in [0.05, 0.1) is 6.54 Å². The van der Waals surface area contributed by atoms with Gasteiger partial charge in [-0.3, -0.25) is 9.59 Å². The average molecular weight is 228 g/mol. The van der Waals surface area contributed by atoms with Crippen molar-refractivity contribution in [2.24, 2.45) is 0 Å². The van der Waals surface area contributed by atoms with Gasteiger partial charge in [0.25, 0.3) is 0 Å². The quantitative estimate of drug-likeness (QED) is 0.557. The molecular formula is C13H12N2O2. The van der Waals surface area contributed by atoms with Crippen molar-refractivity contribution in [1.29, 1.82) is 0 Å². The first-order valence-corrected chi connectivity index (χ1v) is 5.48. The van der Waals surface area contributed by atoms with Gasteiger partial charge >= 0.3 is 0 Å². The van der Waals surface area contributed by atoms with E-state index in [1.165, 1.54) is 0 Å². The van der Waals surface area contributed by atoms with Gasteiger partial charge in [-0.2, -0.15) is 0 Å². The number of aldehydes is 1. The maximum Gasteiger partial charge on any atom is 0.223 e. The molecule has 1 aromatic rings. The lowest BCUT2D eigenvalue weighted by molar-refractivity contribution is -0.127. The van der Waals surface area contributed by atoms with Gasteiger partial charge in [-0.05, 0) is 24.5 Å². The predicted octanol–water partition coefficient (Wildman–Crippen LogP) is 0.868. The predicted molar refractivity (Wildman–Crippen MR) is 62.3 cm³/mol. The number of carbonyl (C=O) groups excluding carboxylic acids is 2. The van der Waals surface area contributed by atoms with Crippen LogP contribution in [0.15, 0.2) is 18.3 Å². The van der Waals surface area contributed by atoms with E-state index in [4.69, 9.17) is 0 Å². The monoisotopic (exact) mass is 228 g/mol. The third kappa shape index (κ3) is 2.70. The van der Waals surface area contributed by atoms with Crippen LogP contribution in [0.25, 0.3) is 0 Å². The highest BCUT2D eigenvalue weighted by Gasteiger charge is 2.18. The Hall–Kier alpha value is -2.15. The summed E-state index contributed by atoms with van der Waals surface area (Å²) in [4.78, 5) is 27.8. The zero-order valence-corrected chi connectivity index (χ0v) is 9.35. The van der Waals surface area contributed by atoms with Gasteiger partial charge < -0.3 is 4.90 Å². The van der Waals surface area contributed by atoms with Gasteiger partial charge in [0.2, 0.25) is 5.91 Å². The topological polar surface area (TPSA) is 50.3 Å². The molecule has 86 valence electrons. The van der Waals surface area contributed by atoms with E-state index in [9.17, 15) is 9.59 Å². The fourth-order valence-corrected chi connectivity index (χ4v) is 1.71. The first-order chi connectivity index (χ1) is 8.31.